The molecule has 0 bridgehead atoms. The highest BCUT2D eigenvalue weighted by molar-refractivity contribution is 8.00. The second-order valence-electron chi connectivity index (χ2n) is 10.1. The van der Waals surface area contributed by atoms with Crippen LogP contribution in [0.1, 0.15) is 27.5 Å². The van der Waals surface area contributed by atoms with Crippen molar-refractivity contribution in [2.24, 2.45) is 5.92 Å². The van der Waals surface area contributed by atoms with E-state index in [1.54, 1.807) is 36.4 Å². The van der Waals surface area contributed by atoms with Gasteiger partial charge in [0.1, 0.15) is 11.0 Å². The minimum Gasteiger partial charge on any atom is -0.484 e. The van der Waals surface area contributed by atoms with E-state index >= 15 is 0 Å². The second-order valence-corrected chi connectivity index (χ2v) is 12.2. The Labute approximate surface area is 250 Å². The van der Waals surface area contributed by atoms with Crippen LogP contribution in [0.25, 0.3) is 0 Å². The Balaban J connectivity index is 1.31. The lowest BCUT2D eigenvalue weighted by Crippen LogP contribution is -2.33. The molecule has 0 radical (unpaired) electrons. The third-order valence-electron chi connectivity index (χ3n) is 7.20. The lowest BCUT2D eigenvalue weighted by atomic mass is 9.83. The number of rotatable bonds is 6. The number of ether oxygens (including phenoxy) is 1. The van der Waals surface area contributed by atoms with Crippen LogP contribution in [-0.4, -0.2) is 34.6 Å². The summed E-state index contributed by atoms with van der Waals surface area (Å²) >= 11 is 1.85. The molecule has 1 aromatic heterocycles. The van der Waals surface area contributed by atoms with Gasteiger partial charge in [-0.2, -0.15) is 13.2 Å². The smallest absolute Gasteiger partial charge is 0.418 e. The van der Waals surface area contributed by atoms with Crippen molar-refractivity contribution in [2.45, 2.75) is 29.3 Å². The normalized spacial score (nSPS) is 19.6. The van der Waals surface area contributed by atoms with Crippen LogP contribution < -0.4 is 19.8 Å². The fraction of sp³-hybridized carbons (Fsp3) is 0.200. The number of aromatic nitrogens is 1. The van der Waals surface area contributed by atoms with Gasteiger partial charge in [0.15, 0.2) is 6.61 Å². The number of aromatic amines is 1. The van der Waals surface area contributed by atoms with Crippen molar-refractivity contribution in [3.05, 3.63) is 104 Å². The Bertz CT molecular complexity index is 1800. The van der Waals surface area contributed by atoms with Crippen LogP contribution in [0.2, 0.25) is 0 Å². The van der Waals surface area contributed by atoms with E-state index < -0.39 is 52.2 Å². The molecule has 0 saturated carbocycles. The van der Waals surface area contributed by atoms with Gasteiger partial charge in [-0.1, -0.05) is 65.1 Å². The summed E-state index contributed by atoms with van der Waals surface area (Å²) in [5.41, 5.74) is 0.525. The van der Waals surface area contributed by atoms with Gasteiger partial charge in [0.25, 0.3) is 5.91 Å². The first-order chi connectivity index (χ1) is 20.5. The quantitative estimate of drug-likeness (QED) is 0.271. The van der Waals surface area contributed by atoms with Crippen LogP contribution in [0.4, 0.5) is 24.5 Å². The number of carbonyl (C=O) groups is 3. The summed E-state index contributed by atoms with van der Waals surface area (Å²) in [6.45, 7) is 1.62. The average molecular weight is 626 g/mol. The fourth-order valence-corrected chi connectivity index (χ4v) is 7.82. The Morgan fingerprint density at radius 3 is 2.49 bits per heavy atom. The van der Waals surface area contributed by atoms with Gasteiger partial charge in [0.05, 0.1) is 22.2 Å². The number of alkyl halides is 3. The van der Waals surface area contributed by atoms with Gasteiger partial charge in [-0.15, -0.1) is 0 Å². The van der Waals surface area contributed by atoms with Crippen molar-refractivity contribution in [2.75, 3.05) is 16.8 Å². The number of amides is 3. The van der Waals surface area contributed by atoms with Gasteiger partial charge in [0.2, 0.25) is 11.8 Å². The summed E-state index contributed by atoms with van der Waals surface area (Å²) < 4.78 is 47.3. The molecule has 2 N–H and O–H groups in total. The molecule has 0 aliphatic carbocycles. The topological polar surface area (TPSA) is 109 Å². The van der Waals surface area contributed by atoms with Crippen molar-refractivity contribution in [3.63, 3.8) is 0 Å². The molecular formula is C30H22F3N3O5S2. The number of thiazole rings is 1. The van der Waals surface area contributed by atoms with Crippen LogP contribution in [0.5, 0.6) is 5.75 Å². The molecule has 1 saturated heterocycles. The Hall–Kier alpha value is -4.36. The molecule has 8 nitrogen and oxygen atoms in total. The summed E-state index contributed by atoms with van der Waals surface area (Å²) in [4.78, 5) is 55.7. The highest BCUT2D eigenvalue weighted by Gasteiger charge is 2.57. The molecule has 3 amide bonds. The van der Waals surface area contributed by atoms with Crippen LogP contribution in [0.3, 0.4) is 0 Å². The maximum atomic E-state index is 13.9. The highest BCUT2D eigenvalue weighted by atomic mass is 32.2. The Kier molecular flexibility index (Phi) is 7.38. The zero-order chi connectivity index (χ0) is 30.5. The predicted octanol–water partition coefficient (Wildman–Crippen LogP) is 5.58. The number of hydrogen-bond acceptors (Lipinski definition) is 7. The third kappa shape index (κ3) is 5.45. The van der Waals surface area contributed by atoms with Gasteiger partial charge >= 0.3 is 11.0 Å². The maximum absolute atomic E-state index is 13.9. The SMILES string of the molecule is Cc1ccc(NC(=O)COc2cccc([C@H]3c4sc(=O)[nH]c4SC4C(=O)N(c5ccccc5C(F)(F)F)C(=O)C43)c2)cc1. The van der Waals surface area contributed by atoms with Crippen LogP contribution >= 0.6 is 23.1 Å². The van der Waals surface area contributed by atoms with E-state index in [-0.39, 0.29) is 11.5 Å². The zero-order valence-corrected chi connectivity index (χ0v) is 23.9. The molecule has 3 atom stereocenters. The van der Waals surface area contributed by atoms with Crippen molar-refractivity contribution in [1.29, 1.82) is 0 Å². The van der Waals surface area contributed by atoms with Crippen molar-refractivity contribution >= 4 is 52.2 Å². The minimum absolute atomic E-state index is 0.298. The summed E-state index contributed by atoms with van der Waals surface area (Å²) in [5, 5.41) is 2.06. The molecule has 2 aliphatic rings. The van der Waals surface area contributed by atoms with Crippen molar-refractivity contribution in [1.82, 2.24) is 4.98 Å². The molecule has 13 heteroatoms. The van der Waals surface area contributed by atoms with E-state index in [4.69, 9.17) is 4.74 Å². The van der Waals surface area contributed by atoms with Gasteiger partial charge in [-0.3, -0.25) is 19.2 Å². The van der Waals surface area contributed by atoms with Gasteiger partial charge in [-0.25, -0.2) is 4.90 Å². The number of anilines is 2. The molecule has 220 valence electrons. The number of benzene rings is 3. The number of thioether (sulfide) groups is 1. The first kappa shape index (κ1) is 28.7. The van der Waals surface area contributed by atoms with E-state index in [9.17, 15) is 32.3 Å². The van der Waals surface area contributed by atoms with Gasteiger partial charge in [0, 0.05) is 16.5 Å². The van der Waals surface area contributed by atoms with E-state index in [1.165, 1.54) is 12.1 Å². The van der Waals surface area contributed by atoms with Crippen molar-refractivity contribution < 1.29 is 32.3 Å². The molecule has 2 unspecified atom stereocenters. The number of H-pyrrole nitrogens is 1. The van der Waals surface area contributed by atoms with E-state index in [0.717, 1.165) is 40.8 Å². The summed E-state index contributed by atoms with van der Waals surface area (Å²) in [6, 6.07) is 18.3. The van der Waals surface area contributed by atoms with E-state index in [2.05, 4.69) is 10.3 Å². The number of carbonyl (C=O) groups excluding carboxylic acids is 3. The summed E-state index contributed by atoms with van der Waals surface area (Å²) in [5.74, 6) is -3.59. The number of fused-ring (bicyclic) bond motifs is 2. The Morgan fingerprint density at radius 1 is 1.00 bits per heavy atom. The number of hydrogen-bond donors (Lipinski definition) is 2. The fourth-order valence-electron chi connectivity index (χ4n) is 5.30. The monoisotopic (exact) mass is 625 g/mol. The molecular weight excluding hydrogens is 603 g/mol. The number of aryl methyl sites for hydroxylation is 1. The number of nitrogens with one attached hydrogen (secondary N) is 2. The molecule has 6 rings (SSSR count). The molecule has 3 heterocycles. The van der Waals surface area contributed by atoms with Crippen LogP contribution in [0.15, 0.2) is 82.6 Å². The lowest BCUT2D eigenvalue weighted by molar-refractivity contribution is -0.137. The predicted molar refractivity (Wildman–Crippen MR) is 156 cm³/mol. The lowest BCUT2D eigenvalue weighted by Gasteiger charge is -2.30. The van der Waals surface area contributed by atoms with Crippen molar-refractivity contribution in [3.8, 4) is 5.75 Å². The summed E-state index contributed by atoms with van der Waals surface area (Å²) in [6.07, 6.45) is -4.79. The number of imide groups is 1. The van der Waals surface area contributed by atoms with E-state index in [1.807, 2.05) is 19.1 Å². The van der Waals surface area contributed by atoms with Gasteiger partial charge < -0.3 is 15.0 Å². The number of nitrogens with zero attached hydrogens (tertiary/aromatic N) is 1. The number of halogens is 3. The molecule has 4 aromatic rings. The average Bonchev–Trinajstić information content (AvgIpc) is 3.46. The first-order valence-electron chi connectivity index (χ1n) is 13.0. The molecule has 43 heavy (non-hydrogen) atoms. The first-order valence-corrected chi connectivity index (χ1v) is 14.7. The maximum Gasteiger partial charge on any atom is 0.418 e. The molecule has 1 fully saturated rings. The Morgan fingerprint density at radius 2 is 1.74 bits per heavy atom. The van der Waals surface area contributed by atoms with Crippen LogP contribution in [-0.2, 0) is 20.6 Å². The third-order valence-corrected chi connectivity index (χ3v) is 9.60. The second kappa shape index (κ2) is 11.0. The van der Waals surface area contributed by atoms with Crippen LogP contribution in [0, 0.1) is 12.8 Å². The largest absolute Gasteiger partial charge is 0.484 e. The van der Waals surface area contributed by atoms with E-state index in [0.29, 0.717) is 31.8 Å². The molecule has 0 spiro atoms. The standard InChI is InChI=1S/C30H22F3N3O5S2/c1-15-9-11-17(12-10-15)34-21(37)14-41-18-6-4-5-16(13-18)22-23-25(42-26-24(22)43-29(40)35-26)28(39)36(27(23)38)20-8-3-2-7-19(20)30(31,32)33/h2-13,22-23,25H,14H2,1H3,(H,34,37)(H,35,40)/t22-,23?,25?/m1/s1. The zero-order valence-electron chi connectivity index (χ0n) is 22.3. The molecule has 3 aromatic carbocycles. The minimum atomic E-state index is -4.79. The highest BCUT2D eigenvalue weighted by Crippen LogP contribution is 2.54. The van der Waals surface area contributed by atoms with Gasteiger partial charge in [-0.05, 0) is 48.9 Å². The number of para-hydroxylation sites is 1. The summed E-state index contributed by atoms with van der Waals surface area (Å²) in [7, 11) is 0. The molecule has 2 aliphatic heterocycles.